The summed E-state index contributed by atoms with van der Waals surface area (Å²) in [6.07, 6.45) is 0. The van der Waals surface area contributed by atoms with Gasteiger partial charge in [0.2, 0.25) is 0 Å². The zero-order valence-corrected chi connectivity index (χ0v) is 12.5. The number of methoxy groups -OCH3 is 1. The maximum Gasteiger partial charge on any atom is 0.340 e. The Morgan fingerprint density at radius 1 is 1.19 bits per heavy atom. The van der Waals surface area contributed by atoms with E-state index in [-0.39, 0.29) is 0 Å². The van der Waals surface area contributed by atoms with Gasteiger partial charge in [-0.3, -0.25) is 0 Å². The average Bonchev–Trinajstić information content (AvgIpc) is 2.48. The lowest BCUT2D eigenvalue weighted by Crippen LogP contribution is -2.08. The number of nitrogens with two attached hydrogens (primary N) is 1. The van der Waals surface area contributed by atoms with Gasteiger partial charge in [0.1, 0.15) is 0 Å². The van der Waals surface area contributed by atoms with Gasteiger partial charge in [-0.25, -0.2) is 4.79 Å². The minimum absolute atomic E-state index is 0.412. The van der Waals surface area contributed by atoms with Crippen LogP contribution in [0, 0.1) is 0 Å². The van der Waals surface area contributed by atoms with Gasteiger partial charge >= 0.3 is 5.97 Å². The van der Waals surface area contributed by atoms with Gasteiger partial charge in [-0.2, -0.15) is 0 Å². The second kappa shape index (κ2) is 6.31. The Labute approximate surface area is 124 Å². The molecular weight excluding hydrogens is 264 g/mol. The van der Waals surface area contributed by atoms with E-state index in [2.05, 4.69) is 31.3 Å². The molecule has 0 spiro atoms. The molecule has 21 heavy (non-hydrogen) atoms. The first-order chi connectivity index (χ1) is 10.0. The molecule has 0 aliphatic carbocycles. The fourth-order valence-corrected chi connectivity index (χ4v) is 2.11. The number of benzene rings is 2. The van der Waals surface area contributed by atoms with Gasteiger partial charge in [0, 0.05) is 5.69 Å². The Morgan fingerprint density at radius 3 is 2.57 bits per heavy atom. The quantitative estimate of drug-likeness (QED) is 0.659. The van der Waals surface area contributed by atoms with E-state index in [9.17, 15) is 4.79 Å². The van der Waals surface area contributed by atoms with Crippen LogP contribution < -0.4 is 11.1 Å². The second-order valence-electron chi connectivity index (χ2n) is 5.17. The molecule has 110 valence electrons. The summed E-state index contributed by atoms with van der Waals surface area (Å²) in [7, 11) is 1.36. The van der Waals surface area contributed by atoms with Gasteiger partial charge in [-0.05, 0) is 35.7 Å². The minimum Gasteiger partial charge on any atom is -0.465 e. The third-order valence-corrected chi connectivity index (χ3v) is 3.32. The lowest BCUT2D eigenvalue weighted by Gasteiger charge is -2.15. The highest BCUT2D eigenvalue weighted by atomic mass is 16.5. The SMILES string of the molecule is COC(=O)c1cccc(N)c1Nc1cccc(C(C)C)c1. The molecule has 0 bridgehead atoms. The van der Waals surface area contributed by atoms with Crippen LogP contribution in [0.15, 0.2) is 42.5 Å². The molecule has 2 aromatic carbocycles. The molecule has 4 heteroatoms. The summed E-state index contributed by atoms with van der Waals surface area (Å²) in [6.45, 7) is 4.27. The molecule has 2 rings (SSSR count). The Hall–Kier alpha value is -2.49. The van der Waals surface area contributed by atoms with Crippen molar-refractivity contribution in [3.8, 4) is 0 Å². The predicted molar refractivity (Wildman–Crippen MR) is 86.0 cm³/mol. The first-order valence-corrected chi connectivity index (χ1v) is 6.86. The van der Waals surface area contributed by atoms with Crippen LogP contribution in [-0.4, -0.2) is 13.1 Å². The molecule has 0 aromatic heterocycles. The number of hydrogen-bond acceptors (Lipinski definition) is 4. The summed E-state index contributed by atoms with van der Waals surface area (Å²) in [5, 5.41) is 3.23. The number of hydrogen-bond donors (Lipinski definition) is 2. The highest BCUT2D eigenvalue weighted by Crippen LogP contribution is 2.29. The number of para-hydroxylation sites is 1. The van der Waals surface area contributed by atoms with Crippen LogP contribution in [0.4, 0.5) is 17.1 Å². The number of nitrogens with one attached hydrogen (secondary N) is 1. The summed E-state index contributed by atoms with van der Waals surface area (Å²) < 4.78 is 4.80. The highest BCUT2D eigenvalue weighted by Gasteiger charge is 2.14. The maximum atomic E-state index is 11.8. The largest absolute Gasteiger partial charge is 0.465 e. The van der Waals surface area contributed by atoms with Crippen LogP contribution in [0.2, 0.25) is 0 Å². The molecule has 0 aliphatic rings. The van der Waals surface area contributed by atoms with Crippen molar-refractivity contribution in [1.82, 2.24) is 0 Å². The number of esters is 1. The summed E-state index contributed by atoms with van der Waals surface area (Å²) in [5.74, 6) is 0.0183. The number of carbonyl (C=O) groups excluding carboxylic acids is 1. The standard InChI is InChI=1S/C17H20N2O2/c1-11(2)12-6-4-7-13(10-12)19-16-14(17(20)21-3)8-5-9-15(16)18/h4-11,19H,18H2,1-3H3. The van der Waals surface area contributed by atoms with E-state index in [4.69, 9.17) is 10.5 Å². The first-order valence-electron chi connectivity index (χ1n) is 6.86. The Morgan fingerprint density at radius 2 is 1.90 bits per heavy atom. The number of carbonyl (C=O) groups is 1. The third-order valence-electron chi connectivity index (χ3n) is 3.32. The fourth-order valence-electron chi connectivity index (χ4n) is 2.11. The van der Waals surface area contributed by atoms with Crippen LogP contribution in [0.1, 0.15) is 35.7 Å². The van der Waals surface area contributed by atoms with Gasteiger partial charge < -0.3 is 15.8 Å². The van der Waals surface area contributed by atoms with Crippen molar-refractivity contribution in [2.45, 2.75) is 19.8 Å². The molecule has 0 saturated carbocycles. The summed E-state index contributed by atoms with van der Waals surface area (Å²) >= 11 is 0. The second-order valence-corrected chi connectivity index (χ2v) is 5.17. The fraction of sp³-hybridized carbons (Fsp3) is 0.235. The Bertz CT molecular complexity index is 651. The van der Waals surface area contributed by atoms with Crippen LogP contribution in [0.5, 0.6) is 0 Å². The van der Waals surface area contributed by atoms with E-state index >= 15 is 0 Å². The molecule has 0 fully saturated rings. The topological polar surface area (TPSA) is 64.3 Å². The number of anilines is 3. The molecule has 0 radical (unpaired) electrons. The van der Waals surface area contributed by atoms with E-state index in [0.717, 1.165) is 5.69 Å². The average molecular weight is 284 g/mol. The van der Waals surface area contributed by atoms with E-state index in [1.807, 2.05) is 12.1 Å². The van der Waals surface area contributed by atoms with Crippen LogP contribution in [0.25, 0.3) is 0 Å². The van der Waals surface area contributed by atoms with Crippen molar-refractivity contribution in [1.29, 1.82) is 0 Å². The predicted octanol–water partition coefficient (Wildman–Crippen LogP) is 3.92. The van der Waals surface area contributed by atoms with Crippen molar-refractivity contribution >= 4 is 23.0 Å². The summed E-state index contributed by atoms with van der Waals surface area (Å²) in [4.78, 5) is 11.8. The molecule has 0 aliphatic heterocycles. The van der Waals surface area contributed by atoms with Crippen molar-refractivity contribution in [2.24, 2.45) is 0 Å². The highest BCUT2D eigenvalue weighted by molar-refractivity contribution is 5.99. The van der Waals surface area contributed by atoms with Crippen LogP contribution in [0.3, 0.4) is 0 Å². The molecule has 0 amide bonds. The zero-order valence-electron chi connectivity index (χ0n) is 12.5. The molecule has 0 heterocycles. The molecule has 0 unspecified atom stereocenters. The number of ether oxygens (including phenoxy) is 1. The van der Waals surface area contributed by atoms with Crippen molar-refractivity contribution in [3.05, 3.63) is 53.6 Å². The van der Waals surface area contributed by atoms with Crippen LogP contribution >= 0.6 is 0 Å². The first kappa shape index (κ1) is 14.9. The minimum atomic E-state index is -0.412. The maximum absolute atomic E-state index is 11.8. The van der Waals surface area contributed by atoms with E-state index in [0.29, 0.717) is 22.9 Å². The summed E-state index contributed by atoms with van der Waals surface area (Å²) in [6, 6.07) is 13.2. The molecule has 3 N–H and O–H groups in total. The molecule has 0 saturated heterocycles. The van der Waals surface area contributed by atoms with Crippen molar-refractivity contribution < 1.29 is 9.53 Å². The van der Waals surface area contributed by atoms with Crippen LogP contribution in [-0.2, 0) is 4.74 Å². The van der Waals surface area contributed by atoms with Crippen molar-refractivity contribution in [3.63, 3.8) is 0 Å². The molecular formula is C17H20N2O2. The third kappa shape index (κ3) is 3.34. The monoisotopic (exact) mass is 284 g/mol. The van der Waals surface area contributed by atoms with Gasteiger partial charge in [0.05, 0.1) is 24.0 Å². The molecule has 4 nitrogen and oxygen atoms in total. The van der Waals surface area contributed by atoms with E-state index < -0.39 is 5.97 Å². The lowest BCUT2D eigenvalue weighted by molar-refractivity contribution is 0.0602. The number of nitrogen functional groups attached to an aromatic ring is 1. The van der Waals surface area contributed by atoms with Gasteiger partial charge in [0.25, 0.3) is 0 Å². The Balaban J connectivity index is 2.39. The molecule has 2 aromatic rings. The Kier molecular flexibility index (Phi) is 4.48. The smallest absolute Gasteiger partial charge is 0.340 e. The van der Waals surface area contributed by atoms with Crippen molar-refractivity contribution in [2.75, 3.05) is 18.2 Å². The van der Waals surface area contributed by atoms with Gasteiger partial charge in [0.15, 0.2) is 0 Å². The number of rotatable bonds is 4. The summed E-state index contributed by atoms with van der Waals surface area (Å²) in [5.41, 5.74) is 9.60. The lowest BCUT2D eigenvalue weighted by atomic mass is 10.0. The van der Waals surface area contributed by atoms with E-state index in [1.165, 1.54) is 12.7 Å². The van der Waals surface area contributed by atoms with E-state index in [1.54, 1.807) is 18.2 Å². The van der Waals surface area contributed by atoms with Gasteiger partial charge in [-0.15, -0.1) is 0 Å². The van der Waals surface area contributed by atoms with Gasteiger partial charge in [-0.1, -0.05) is 32.0 Å². The zero-order chi connectivity index (χ0) is 15.4. The normalized spacial score (nSPS) is 10.5. The molecule has 0 atom stereocenters.